The molecule has 2 unspecified atom stereocenters. The smallest absolute Gasteiger partial charge is 0.231 e. The summed E-state index contributed by atoms with van der Waals surface area (Å²) in [6.45, 7) is 8.79. The van der Waals surface area contributed by atoms with Gasteiger partial charge in [0.05, 0.1) is 13.7 Å². The molecule has 2 aromatic carbocycles. The molecule has 0 radical (unpaired) electrons. The van der Waals surface area contributed by atoms with Crippen molar-refractivity contribution in [2.24, 2.45) is 0 Å². The lowest BCUT2D eigenvalue weighted by Gasteiger charge is -2.36. The van der Waals surface area contributed by atoms with Crippen LogP contribution in [0.25, 0.3) is 5.70 Å². The van der Waals surface area contributed by atoms with Crippen molar-refractivity contribution in [3.05, 3.63) is 99.5 Å². The molecule has 0 saturated carbocycles. The van der Waals surface area contributed by atoms with Crippen LogP contribution in [0.15, 0.2) is 77.2 Å². The second-order valence-electron chi connectivity index (χ2n) is 12.3. The number of methoxy groups -OCH3 is 1. The van der Waals surface area contributed by atoms with Crippen molar-refractivity contribution >= 4 is 5.70 Å². The number of quaternary nitrogens is 1. The molecule has 6 heteroatoms. The largest absolute Gasteiger partial charge is 1.00 e. The molecule has 1 N–H and O–H groups in total. The van der Waals surface area contributed by atoms with Crippen LogP contribution in [-0.2, 0) is 22.3 Å². The van der Waals surface area contributed by atoms with Crippen molar-refractivity contribution in [2.45, 2.75) is 84.2 Å². The SMILES string of the molecule is CCCCCCCCOC1C(OC)=CC=C2C1=C[NH+]1CCc3cc4c(cc3C1=C2Cc1ccc(C(C)C)cc1)OCO4.[I-]. The first-order valence-electron chi connectivity index (χ1n) is 16.0. The highest BCUT2D eigenvalue weighted by Gasteiger charge is 2.40. The van der Waals surface area contributed by atoms with Gasteiger partial charge < -0.3 is 42.9 Å². The number of hydrogen-bond donors (Lipinski definition) is 1. The molecule has 230 valence electrons. The molecule has 2 aromatic rings. The molecule has 1 aliphatic carbocycles. The van der Waals surface area contributed by atoms with Gasteiger partial charge in [-0.05, 0) is 52.8 Å². The average molecular weight is 696 g/mol. The number of fused-ring (bicyclic) bond motifs is 5. The molecule has 3 heterocycles. The topological polar surface area (TPSA) is 41.4 Å². The Labute approximate surface area is 274 Å². The summed E-state index contributed by atoms with van der Waals surface area (Å²) >= 11 is 0. The first-order chi connectivity index (χ1) is 20.6. The first kappa shape index (κ1) is 31.9. The minimum absolute atomic E-state index is 0. The normalized spacial score (nSPS) is 20.0. The number of nitrogens with one attached hydrogen (secondary N) is 1. The van der Waals surface area contributed by atoms with Gasteiger partial charge in [0.1, 0.15) is 23.8 Å². The summed E-state index contributed by atoms with van der Waals surface area (Å²) in [5.41, 5.74) is 10.5. The third-order valence-electron chi connectivity index (χ3n) is 9.12. The van der Waals surface area contributed by atoms with Gasteiger partial charge in [-0.2, -0.15) is 0 Å². The van der Waals surface area contributed by atoms with Gasteiger partial charge in [-0.15, -0.1) is 0 Å². The maximum atomic E-state index is 6.64. The quantitative estimate of drug-likeness (QED) is 0.269. The monoisotopic (exact) mass is 695 g/mol. The van der Waals surface area contributed by atoms with Crippen LogP contribution in [0.5, 0.6) is 11.5 Å². The Morgan fingerprint density at radius 3 is 2.44 bits per heavy atom. The number of benzene rings is 2. The van der Waals surface area contributed by atoms with Crippen molar-refractivity contribution in [1.82, 2.24) is 0 Å². The Kier molecular flexibility index (Phi) is 10.7. The van der Waals surface area contributed by atoms with Crippen LogP contribution in [0.1, 0.15) is 87.5 Å². The van der Waals surface area contributed by atoms with E-state index in [1.54, 1.807) is 7.11 Å². The summed E-state index contributed by atoms with van der Waals surface area (Å²) in [6.07, 6.45) is 15.9. The van der Waals surface area contributed by atoms with Crippen LogP contribution in [0.2, 0.25) is 0 Å². The van der Waals surface area contributed by atoms with Crippen LogP contribution in [0.3, 0.4) is 0 Å². The number of ether oxygens (including phenoxy) is 4. The van der Waals surface area contributed by atoms with Crippen LogP contribution >= 0.6 is 0 Å². The summed E-state index contributed by atoms with van der Waals surface area (Å²) in [5.74, 6) is 3.11. The summed E-state index contributed by atoms with van der Waals surface area (Å²) in [4.78, 5) is 1.38. The highest BCUT2D eigenvalue weighted by atomic mass is 127. The highest BCUT2D eigenvalue weighted by Crippen LogP contribution is 2.42. The predicted molar refractivity (Wildman–Crippen MR) is 168 cm³/mol. The van der Waals surface area contributed by atoms with Crippen LogP contribution in [0.4, 0.5) is 0 Å². The number of hydrogen-bond acceptors (Lipinski definition) is 4. The van der Waals surface area contributed by atoms with E-state index in [1.165, 1.54) is 81.7 Å². The van der Waals surface area contributed by atoms with E-state index in [0.29, 0.717) is 12.7 Å². The van der Waals surface area contributed by atoms with Crippen LogP contribution in [0, 0.1) is 0 Å². The van der Waals surface area contributed by atoms with Gasteiger partial charge in [-0.1, -0.05) is 83.2 Å². The van der Waals surface area contributed by atoms with Gasteiger partial charge in [0.15, 0.2) is 11.5 Å². The minimum atomic E-state index is -0.184. The molecule has 0 bridgehead atoms. The molecule has 0 aromatic heterocycles. The first-order valence-corrected chi connectivity index (χ1v) is 16.0. The fourth-order valence-corrected chi connectivity index (χ4v) is 6.72. The number of allylic oxidation sites excluding steroid dienone is 3. The average Bonchev–Trinajstić information content (AvgIpc) is 3.47. The zero-order valence-electron chi connectivity index (χ0n) is 26.1. The molecule has 0 amide bonds. The zero-order valence-corrected chi connectivity index (χ0v) is 28.3. The number of halogens is 1. The van der Waals surface area contributed by atoms with E-state index in [1.807, 2.05) is 0 Å². The van der Waals surface area contributed by atoms with E-state index >= 15 is 0 Å². The second-order valence-corrected chi connectivity index (χ2v) is 12.3. The third-order valence-corrected chi connectivity index (χ3v) is 9.12. The van der Waals surface area contributed by atoms with Gasteiger partial charge in [0.25, 0.3) is 0 Å². The highest BCUT2D eigenvalue weighted by molar-refractivity contribution is 5.77. The van der Waals surface area contributed by atoms with E-state index in [2.05, 4.69) is 75.5 Å². The van der Waals surface area contributed by atoms with Crippen molar-refractivity contribution < 1.29 is 47.8 Å². The van der Waals surface area contributed by atoms with Gasteiger partial charge in [0.2, 0.25) is 6.79 Å². The lowest BCUT2D eigenvalue weighted by molar-refractivity contribution is -0.771. The van der Waals surface area contributed by atoms with Gasteiger partial charge in [-0.25, -0.2) is 0 Å². The molecular formula is C37H46INO4. The summed E-state index contributed by atoms with van der Waals surface area (Å²) in [7, 11) is 1.76. The Hall–Kier alpha value is -2.55. The molecule has 43 heavy (non-hydrogen) atoms. The molecular weight excluding hydrogens is 649 g/mol. The van der Waals surface area contributed by atoms with E-state index in [4.69, 9.17) is 18.9 Å². The van der Waals surface area contributed by atoms with Gasteiger partial charge >= 0.3 is 0 Å². The lowest BCUT2D eigenvalue weighted by atomic mass is 9.79. The van der Waals surface area contributed by atoms with Crippen molar-refractivity contribution in [2.75, 3.05) is 27.1 Å². The third kappa shape index (κ3) is 6.76. The van der Waals surface area contributed by atoms with Crippen LogP contribution in [-0.4, -0.2) is 33.2 Å². The fourth-order valence-electron chi connectivity index (χ4n) is 6.72. The molecule has 2 atom stereocenters. The molecule has 6 rings (SSSR count). The second kappa shape index (κ2) is 14.5. The summed E-state index contributed by atoms with van der Waals surface area (Å²) in [6, 6.07) is 13.6. The maximum Gasteiger partial charge on any atom is 0.231 e. The lowest BCUT2D eigenvalue weighted by Crippen LogP contribution is -3.06. The number of unbranched alkanes of at least 4 members (excludes halogenated alkanes) is 5. The Morgan fingerprint density at radius 1 is 0.953 bits per heavy atom. The van der Waals surface area contributed by atoms with Crippen molar-refractivity contribution in [1.29, 1.82) is 0 Å². The minimum Gasteiger partial charge on any atom is -1.00 e. The summed E-state index contributed by atoms with van der Waals surface area (Å²) in [5, 5.41) is 0. The Morgan fingerprint density at radius 2 is 1.70 bits per heavy atom. The van der Waals surface area contributed by atoms with Gasteiger partial charge in [-0.3, -0.25) is 4.90 Å². The van der Waals surface area contributed by atoms with E-state index in [-0.39, 0.29) is 30.1 Å². The Bertz CT molecular complexity index is 1420. The molecule has 0 fully saturated rings. The van der Waals surface area contributed by atoms with E-state index in [0.717, 1.165) is 49.7 Å². The fraction of sp³-hybridized carbons (Fsp3) is 0.459. The van der Waals surface area contributed by atoms with Gasteiger partial charge in [0, 0.05) is 36.2 Å². The maximum absolute atomic E-state index is 6.64. The Balaban J connectivity index is 0.00000368. The molecule has 0 saturated heterocycles. The molecule has 4 aliphatic rings. The standard InChI is InChI=1S/C37H45NO4.HI/c1-5-6-7-8-9-10-19-40-37-32-23-38-18-17-28-21-34-35(42-24-41-34)22-30(28)36(38)31(29(32)15-16-33(37)39-4)20-26-11-13-27(14-12-26)25(2)3;/h11-16,21-23,25,37H,5-10,17-20,24H2,1-4H3;1H. The zero-order chi connectivity index (χ0) is 29.1. The predicted octanol–water partition coefficient (Wildman–Crippen LogP) is 4.05. The number of rotatable bonds is 12. The van der Waals surface area contributed by atoms with Crippen LogP contribution < -0.4 is 38.4 Å². The van der Waals surface area contributed by atoms with E-state index < -0.39 is 0 Å². The molecule has 5 nitrogen and oxygen atoms in total. The molecule has 3 aliphatic heterocycles. The van der Waals surface area contributed by atoms with Crippen molar-refractivity contribution in [3.63, 3.8) is 0 Å². The molecule has 0 spiro atoms. The van der Waals surface area contributed by atoms with E-state index in [9.17, 15) is 0 Å². The van der Waals surface area contributed by atoms with Crippen molar-refractivity contribution in [3.8, 4) is 11.5 Å². The summed E-state index contributed by atoms with van der Waals surface area (Å²) < 4.78 is 24.1.